The first-order chi connectivity index (χ1) is 10.6. The van der Waals surface area contributed by atoms with E-state index in [9.17, 15) is 9.59 Å². The molecule has 2 aromatic rings. The summed E-state index contributed by atoms with van der Waals surface area (Å²) in [5.74, 6) is -1.29. The summed E-state index contributed by atoms with van der Waals surface area (Å²) in [6.07, 6.45) is -0.241. The van der Waals surface area contributed by atoms with Gasteiger partial charge in [0.15, 0.2) is 0 Å². The summed E-state index contributed by atoms with van der Waals surface area (Å²) in [4.78, 5) is 23.0. The van der Waals surface area contributed by atoms with E-state index in [2.05, 4.69) is 0 Å². The maximum atomic E-state index is 12.1. The number of carbonyl (C=O) groups is 2. The van der Waals surface area contributed by atoms with Crippen LogP contribution in [0.1, 0.15) is 6.42 Å². The van der Waals surface area contributed by atoms with Crippen LogP contribution in [0, 0.1) is 0 Å². The first-order valence-corrected chi connectivity index (χ1v) is 6.92. The summed E-state index contributed by atoms with van der Waals surface area (Å²) in [5, 5.41) is 0. The van der Waals surface area contributed by atoms with Gasteiger partial charge in [-0.3, -0.25) is 9.59 Å². The van der Waals surface area contributed by atoms with Gasteiger partial charge < -0.3 is 16.1 Å². The van der Waals surface area contributed by atoms with Crippen LogP contribution < -0.4 is 22.4 Å². The maximum absolute atomic E-state index is 12.1. The zero-order valence-corrected chi connectivity index (χ0v) is 12.0. The lowest BCUT2D eigenvalue weighted by molar-refractivity contribution is -0.137. The Bertz CT molecular complexity index is 595. The van der Waals surface area contributed by atoms with E-state index in [1.165, 1.54) is 0 Å². The van der Waals surface area contributed by atoms with Crippen LogP contribution in [0.4, 0.5) is 0 Å². The highest BCUT2D eigenvalue weighted by molar-refractivity contribution is 6.81. The van der Waals surface area contributed by atoms with E-state index in [0.717, 1.165) is 10.9 Å². The summed E-state index contributed by atoms with van der Waals surface area (Å²) in [6.45, 7) is -0.575. The predicted octanol–water partition coefficient (Wildman–Crippen LogP) is -0.462. The molecule has 112 valence electrons. The molecule has 6 heteroatoms. The highest BCUT2D eigenvalue weighted by Crippen LogP contribution is 1.99. The van der Waals surface area contributed by atoms with Crippen LogP contribution in [0.15, 0.2) is 60.7 Å². The van der Waals surface area contributed by atoms with Crippen molar-refractivity contribution in [3.05, 3.63) is 60.7 Å². The Morgan fingerprint density at radius 1 is 0.955 bits per heavy atom. The Labute approximate surface area is 129 Å². The molecule has 1 amide bonds. The summed E-state index contributed by atoms with van der Waals surface area (Å²) in [7, 11) is 0. The smallest absolute Gasteiger partial charge is 0.429 e. The number of benzene rings is 2. The van der Waals surface area contributed by atoms with Crippen LogP contribution in [0.5, 0.6) is 0 Å². The molecule has 4 N–H and O–H groups in total. The molecular weight excluding hydrogens is 279 g/mol. The van der Waals surface area contributed by atoms with E-state index in [-0.39, 0.29) is 6.42 Å². The molecule has 0 saturated heterocycles. The second-order valence-corrected chi connectivity index (χ2v) is 4.92. The van der Waals surface area contributed by atoms with E-state index < -0.39 is 24.8 Å². The molecule has 0 aromatic heterocycles. The van der Waals surface area contributed by atoms with Gasteiger partial charge in [0.2, 0.25) is 5.91 Å². The molecule has 0 radical (unpaired) electrons. The number of hydrogen-bond acceptors (Lipinski definition) is 4. The normalized spacial score (nSPS) is 11.5. The van der Waals surface area contributed by atoms with Crippen molar-refractivity contribution in [2.24, 2.45) is 11.5 Å². The Balaban J connectivity index is 2.23. The van der Waals surface area contributed by atoms with E-state index in [0.29, 0.717) is 0 Å². The third kappa shape index (κ3) is 4.20. The molecule has 0 bridgehead atoms. The minimum Gasteiger partial charge on any atom is -0.525 e. The lowest BCUT2D eigenvalue weighted by Gasteiger charge is -2.17. The minimum atomic E-state index is -1.06. The van der Waals surface area contributed by atoms with Gasteiger partial charge >= 0.3 is 12.9 Å². The van der Waals surface area contributed by atoms with E-state index >= 15 is 0 Å². The molecule has 0 aliphatic heterocycles. The molecule has 2 rings (SSSR count). The Morgan fingerprint density at radius 3 is 1.82 bits per heavy atom. The average molecular weight is 296 g/mol. The van der Waals surface area contributed by atoms with E-state index in [1.54, 1.807) is 0 Å². The summed E-state index contributed by atoms with van der Waals surface area (Å²) < 4.78 is 5.51. The van der Waals surface area contributed by atoms with Gasteiger partial charge in [-0.15, -0.1) is 0 Å². The minimum absolute atomic E-state index is 0.241. The lowest BCUT2D eigenvalue weighted by atomic mass is 9.55. The summed E-state index contributed by atoms with van der Waals surface area (Å²) in [6, 6.07) is 17.6. The van der Waals surface area contributed by atoms with Gasteiger partial charge in [-0.25, -0.2) is 0 Å². The maximum Gasteiger partial charge on any atom is 0.429 e. The number of carbonyl (C=O) groups excluding carboxylic acids is 2. The summed E-state index contributed by atoms with van der Waals surface area (Å²) >= 11 is 0. The number of primary amides is 1. The van der Waals surface area contributed by atoms with Gasteiger partial charge in [-0.2, -0.15) is 0 Å². The summed E-state index contributed by atoms with van der Waals surface area (Å²) in [5.41, 5.74) is 12.4. The van der Waals surface area contributed by atoms with Gasteiger partial charge in [0.05, 0.1) is 6.42 Å². The van der Waals surface area contributed by atoms with Crippen LogP contribution in [-0.2, 0) is 14.2 Å². The standard InChI is InChI=1S/C16H17BN2O3/c18-14(11-15(19)20)16(21)22-17(12-7-3-1-4-8-12)13-9-5-2-6-10-13/h1-10,14H,11,18H2,(H2,19,20)/t14-/m0/s1. The highest BCUT2D eigenvalue weighted by atomic mass is 16.5. The number of nitrogens with two attached hydrogens (primary N) is 2. The molecule has 0 aliphatic carbocycles. The topological polar surface area (TPSA) is 95.4 Å². The largest absolute Gasteiger partial charge is 0.525 e. The third-order valence-electron chi connectivity index (χ3n) is 3.16. The fourth-order valence-corrected chi connectivity index (χ4v) is 2.09. The highest BCUT2D eigenvalue weighted by Gasteiger charge is 2.28. The molecular formula is C16H17BN2O3. The molecule has 5 nitrogen and oxygen atoms in total. The Kier molecular flexibility index (Phi) is 5.33. The fraction of sp³-hybridized carbons (Fsp3) is 0.125. The van der Waals surface area contributed by atoms with Crippen molar-refractivity contribution in [2.75, 3.05) is 0 Å². The lowest BCUT2D eigenvalue weighted by Crippen LogP contribution is -2.49. The van der Waals surface area contributed by atoms with Crippen molar-refractivity contribution >= 4 is 29.7 Å². The molecule has 0 spiro atoms. The van der Waals surface area contributed by atoms with Gasteiger partial charge in [0.1, 0.15) is 6.04 Å². The van der Waals surface area contributed by atoms with Crippen molar-refractivity contribution in [3.8, 4) is 0 Å². The first-order valence-electron chi connectivity index (χ1n) is 6.92. The molecule has 0 heterocycles. The Hall–Kier alpha value is -2.60. The van der Waals surface area contributed by atoms with Gasteiger partial charge in [0, 0.05) is 0 Å². The second kappa shape index (κ2) is 7.42. The molecule has 0 unspecified atom stereocenters. The van der Waals surface area contributed by atoms with Gasteiger partial charge in [-0.05, 0) is 10.9 Å². The van der Waals surface area contributed by atoms with Gasteiger partial charge in [-0.1, -0.05) is 60.7 Å². The zero-order chi connectivity index (χ0) is 15.9. The number of hydrogen-bond donors (Lipinski definition) is 2. The monoisotopic (exact) mass is 296 g/mol. The predicted molar refractivity (Wildman–Crippen MR) is 85.8 cm³/mol. The van der Waals surface area contributed by atoms with E-state index in [1.807, 2.05) is 60.7 Å². The molecule has 1 atom stereocenters. The molecule has 0 aliphatic rings. The second-order valence-electron chi connectivity index (χ2n) is 4.92. The van der Waals surface area contributed by atoms with Crippen LogP contribution >= 0.6 is 0 Å². The van der Waals surface area contributed by atoms with Crippen molar-refractivity contribution in [2.45, 2.75) is 12.5 Å². The Morgan fingerprint density at radius 2 is 1.41 bits per heavy atom. The van der Waals surface area contributed by atoms with Gasteiger partial charge in [0.25, 0.3) is 0 Å². The quantitative estimate of drug-likeness (QED) is 0.705. The molecule has 0 fully saturated rings. The van der Waals surface area contributed by atoms with Crippen molar-refractivity contribution in [3.63, 3.8) is 0 Å². The van der Waals surface area contributed by atoms with Crippen molar-refractivity contribution < 1.29 is 14.2 Å². The SMILES string of the molecule is NC(=O)C[C@H](N)C(=O)OB(c1ccccc1)c1ccccc1. The number of rotatable bonds is 6. The zero-order valence-electron chi connectivity index (χ0n) is 12.0. The molecule has 0 saturated carbocycles. The van der Waals surface area contributed by atoms with Crippen LogP contribution in [0.3, 0.4) is 0 Å². The number of amides is 1. The molecule has 2 aromatic carbocycles. The van der Waals surface area contributed by atoms with Crippen LogP contribution in [-0.4, -0.2) is 24.8 Å². The van der Waals surface area contributed by atoms with Crippen molar-refractivity contribution in [1.82, 2.24) is 0 Å². The molecule has 22 heavy (non-hydrogen) atoms. The fourth-order valence-electron chi connectivity index (χ4n) is 2.09. The third-order valence-corrected chi connectivity index (χ3v) is 3.16. The average Bonchev–Trinajstić information content (AvgIpc) is 2.53. The van der Waals surface area contributed by atoms with Crippen LogP contribution in [0.25, 0.3) is 0 Å². The first kappa shape index (κ1) is 15.8. The van der Waals surface area contributed by atoms with Crippen molar-refractivity contribution in [1.29, 1.82) is 0 Å². The van der Waals surface area contributed by atoms with Crippen LogP contribution in [0.2, 0.25) is 0 Å². The van der Waals surface area contributed by atoms with E-state index in [4.69, 9.17) is 16.1 Å².